The van der Waals surface area contributed by atoms with Crippen molar-refractivity contribution in [2.24, 2.45) is 0 Å². The van der Waals surface area contributed by atoms with Crippen LogP contribution in [0.3, 0.4) is 0 Å². The van der Waals surface area contributed by atoms with Crippen LogP contribution in [0.4, 0.5) is 5.69 Å². The van der Waals surface area contributed by atoms with Crippen molar-refractivity contribution >= 4 is 12.0 Å². The lowest BCUT2D eigenvalue weighted by atomic mass is 10.2. The van der Waals surface area contributed by atoms with Gasteiger partial charge in [-0.25, -0.2) is 0 Å². The Morgan fingerprint density at radius 3 is 2.77 bits per heavy atom. The Labute approximate surface area is 76.9 Å². The molecule has 0 radical (unpaired) electrons. The Bertz CT molecular complexity index is 351. The Hall–Kier alpha value is -1.51. The maximum absolute atomic E-state index is 10.8. The third-order valence-corrected chi connectivity index (χ3v) is 2.43. The smallest absolute Gasteiger partial charge is 0.236 e. The average Bonchev–Trinajstić information content (AvgIpc) is 2.41. The normalized spacial score (nSPS) is 25.2. The van der Waals surface area contributed by atoms with Crippen molar-refractivity contribution in [1.29, 1.82) is 0 Å². The molecule has 0 saturated carbocycles. The molecular formula is C10H11NO2. The van der Waals surface area contributed by atoms with E-state index in [0.29, 0.717) is 0 Å². The molecule has 3 nitrogen and oxygen atoms in total. The van der Waals surface area contributed by atoms with E-state index in [-0.39, 0.29) is 0 Å². The van der Waals surface area contributed by atoms with Crippen LogP contribution in [0.5, 0.6) is 5.75 Å². The number of rotatable bonds is 1. The molecule has 0 fully saturated rings. The second-order valence-electron chi connectivity index (χ2n) is 3.30. The van der Waals surface area contributed by atoms with Gasteiger partial charge >= 0.3 is 0 Å². The zero-order valence-electron chi connectivity index (χ0n) is 7.65. The largest absolute Gasteiger partial charge is 0.459 e. The predicted molar refractivity (Wildman–Crippen MR) is 49.9 cm³/mol. The zero-order valence-corrected chi connectivity index (χ0v) is 7.65. The maximum atomic E-state index is 10.8. The van der Waals surface area contributed by atoms with Gasteiger partial charge in [-0.1, -0.05) is 12.1 Å². The Morgan fingerprint density at radius 2 is 2.15 bits per heavy atom. The van der Waals surface area contributed by atoms with Gasteiger partial charge in [-0.15, -0.1) is 0 Å². The SMILES string of the molecule is CN1c2ccccc2OC1(C)C=O. The lowest BCUT2D eigenvalue weighted by molar-refractivity contribution is -0.118. The molecule has 0 bridgehead atoms. The van der Waals surface area contributed by atoms with Gasteiger partial charge in [0, 0.05) is 14.0 Å². The predicted octanol–water partition coefficient (Wildman–Crippen LogP) is 1.43. The van der Waals surface area contributed by atoms with Crippen molar-refractivity contribution in [3.8, 4) is 5.75 Å². The molecule has 0 aromatic heterocycles. The molecule has 0 aliphatic carbocycles. The van der Waals surface area contributed by atoms with Crippen molar-refractivity contribution in [3.63, 3.8) is 0 Å². The van der Waals surface area contributed by atoms with Crippen LogP contribution in [-0.2, 0) is 4.79 Å². The molecule has 1 atom stereocenters. The van der Waals surface area contributed by atoms with Crippen molar-refractivity contribution in [1.82, 2.24) is 0 Å². The lowest BCUT2D eigenvalue weighted by Gasteiger charge is -2.25. The summed E-state index contributed by atoms with van der Waals surface area (Å²) in [5, 5.41) is 0. The zero-order chi connectivity index (χ0) is 9.47. The summed E-state index contributed by atoms with van der Waals surface area (Å²) in [5.74, 6) is 0.764. The molecule has 13 heavy (non-hydrogen) atoms. The highest BCUT2D eigenvalue weighted by atomic mass is 16.5. The van der Waals surface area contributed by atoms with Crippen molar-refractivity contribution in [3.05, 3.63) is 24.3 Å². The van der Waals surface area contributed by atoms with Gasteiger partial charge in [0.1, 0.15) is 5.75 Å². The van der Waals surface area contributed by atoms with E-state index in [4.69, 9.17) is 4.74 Å². The minimum absolute atomic E-state index is 0.764. The number of carbonyl (C=O) groups is 1. The van der Waals surface area contributed by atoms with Crippen LogP contribution in [-0.4, -0.2) is 19.1 Å². The number of hydrogen-bond donors (Lipinski definition) is 0. The van der Waals surface area contributed by atoms with E-state index in [0.717, 1.165) is 17.7 Å². The number of anilines is 1. The summed E-state index contributed by atoms with van der Waals surface area (Å²) in [6.45, 7) is 1.75. The highest BCUT2D eigenvalue weighted by molar-refractivity contribution is 5.76. The fraction of sp³-hybridized carbons (Fsp3) is 0.300. The Morgan fingerprint density at radius 1 is 1.46 bits per heavy atom. The van der Waals surface area contributed by atoms with E-state index < -0.39 is 5.72 Å². The van der Waals surface area contributed by atoms with Gasteiger partial charge in [-0.05, 0) is 12.1 Å². The van der Waals surface area contributed by atoms with Crippen molar-refractivity contribution in [2.45, 2.75) is 12.6 Å². The van der Waals surface area contributed by atoms with Gasteiger partial charge in [-0.3, -0.25) is 4.79 Å². The summed E-state index contributed by atoms with van der Waals surface area (Å²) >= 11 is 0. The number of nitrogens with zero attached hydrogens (tertiary/aromatic N) is 1. The molecular weight excluding hydrogens is 166 g/mol. The molecule has 0 saturated heterocycles. The summed E-state index contributed by atoms with van der Waals surface area (Å²) in [6.07, 6.45) is 0.812. The fourth-order valence-electron chi connectivity index (χ4n) is 1.45. The summed E-state index contributed by atoms with van der Waals surface area (Å²) < 4.78 is 5.51. The van der Waals surface area contributed by atoms with Gasteiger partial charge < -0.3 is 9.64 Å². The first-order valence-corrected chi connectivity index (χ1v) is 4.15. The summed E-state index contributed by atoms with van der Waals surface area (Å²) in [4.78, 5) is 12.7. The van der Waals surface area contributed by atoms with Gasteiger partial charge in [0.25, 0.3) is 0 Å². The summed E-state index contributed by atoms with van der Waals surface area (Å²) in [6, 6.07) is 7.61. The first-order valence-electron chi connectivity index (χ1n) is 4.15. The number of para-hydroxylation sites is 2. The number of likely N-dealkylation sites (N-methyl/N-ethyl adjacent to an activating group) is 1. The highest BCUT2D eigenvalue weighted by Crippen LogP contribution is 2.39. The van der Waals surface area contributed by atoms with Crippen LogP contribution in [0, 0.1) is 0 Å². The molecule has 2 rings (SSSR count). The summed E-state index contributed by atoms with van der Waals surface area (Å²) in [7, 11) is 1.85. The molecule has 3 heteroatoms. The number of ether oxygens (including phenoxy) is 1. The van der Waals surface area contributed by atoms with E-state index in [2.05, 4.69) is 0 Å². The van der Waals surface area contributed by atoms with Crippen LogP contribution in [0.1, 0.15) is 6.92 Å². The Balaban J connectivity index is 2.49. The molecule has 1 aliphatic heterocycles. The molecule has 1 aromatic rings. The second kappa shape index (κ2) is 2.49. The quantitative estimate of drug-likeness (QED) is 0.608. The Kier molecular flexibility index (Phi) is 1.55. The monoisotopic (exact) mass is 177 g/mol. The van der Waals surface area contributed by atoms with Crippen LogP contribution >= 0.6 is 0 Å². The van der Waals surface area contributed by atoms with Crippen LogP contribution in [0.2, 0.25) is 0 Å². The van der Waals surface area contributed by atoms with E-state index in [1.54, 1.807) is 6.92 Å². The number of hydrogen-bond acceptors (Lipinski definition) is 3. The fourth-order valence-corrected chi connectivity index (χ4v) is 1.45. The number of benzene rings is 1. The van der Waals surface area contributed by atoms with Crippen LogP contribution in [0.25, 0.3) is 0 Å². The van der Waals surface area contributed by atoms with Crippen LogP contribution < -0.4 is 9.64 Å². The number of aldehydes is 1. The third-order valence-electron chi connectivity index (χ3n) is 2.43. The first kappa shape index (κ1) is 8.10. The minimum Gasteiger partial charge on any atom is -0.459 e. The summed E-state index contributed by atoms with van der Waals surface area (Å²) in [5.41, 5.74) is 0.112. The highest BCUT2D eigenvalue weighted by Gasteiger charge is 2.39. The minimum atomic E-state index is -0.844. The molecule has 1 heterocycles. The maximum Gasteiger partial charge on any atom is 0.236 e. The van der Waals surface area contributed by atoms with Gasteiger partial charge in [0.2, 0.25) is 5.72 Å². The molecule has 0 amide bonds. The average molecular weight is 177 g/mol. The van der Waals surface area contributed by atoms with E-state index in [9.17, 15) is 4.79 Å². The molecule has 1 unspecified atom stereocenters. The molecule has 0 N–H and O–H groups in total. The van der Waals surface area contributed by atoms with E-state index in [1.807, 2.05) is 36.2 Å². The molecule has 68 valence electrons. The van der Waals surface area contributed by atoms with Crippen LogP contribution in [0.15, 0.2) is 24.3 Å². The topological polar surface area (TPSA) is 29.5 Å². The molecule has 1 aromatic carbocycles. The number of carbonyl (C=O) groups excluding carboxylic acids is 1. The third kappa shape index (κ3) is 1.00. The molecule has 1 aliphatic rings. The lowest BCUT2D eigenvalue weighted by Crippen LogP contribution is -2.46. The van der Waals surface area contributed by atoms with Crippen molar-refractivity contribution < 1.29 is 9.53 Å². The van der Waals surface area contributed by atoms with E-state index >= 15 is 0 Å². The van der Waals surface area contributed by atoms with Gasteiger partial charge in [0.05, 0.1) is 5.69 Å². The first-order chi connectivity index (χ1) is 6.17. The second-order valence-corrected chi connectivity index (χ2v) is 3.30. The van der Waals surface area contributed by atoms with Crippen molar-refractivity contribution in [2.75, 3.05) is 11.9 Å². The molecule has 0 spiro atoms. The van der Waals surface area contributed by atoms with E-state index in [1.165, 1.54) is 0 Å². The standard InChI is InChI=1S/C10H11NO2/c1-10(7-12)11(2)8-5-3-4-6-9(8)13-10/h3-7H,1-2H3. The number of fused-ring (bicyclic) bond motifs is 1. The van der Waals surface area contributed by atoms with Gasteiger partial charge in [-0.2, -0.15) is 0 Å². The van der Waals surface area contributed by atoms with Gasteiger partial charge in [0.15, 0.2) is 6.29 Å².